The number of nitriles is 1. The molecule has 1 atom stereocenters. The summed E-state index contributed by atoms with van der Waals surface area (Å²) in [5, 5.41) is 19.8. The third-order valence-electron chi connectivity index (χ3n) is 5.50. The van der Waals surface area contributed by atoms with Gasteiger partial charge in [0, 0.05) is 44.1 Å². The lowest BCUT2D eigenvalue weighted by molar-refractivity contribution is -0.132. The maximum absolute atomic E-state index is 13.0. The monoisotopic (exact) mass is 516 g/mol. The molecule has 0 aliphatic carbocycles. The number of hydrogen-bond donors (Lipinski definition) is 1. The van der Waals surface area contributed by atoms with Crippen molar-refractivity contribution < 1.29 is 23.5 Å². The van der Waals surface area contributed by atoms with Gasteiger partial charge in [0.15, 0.2) is 11.2 Å². The minimum absolute atomic E-state index is 0.129. The molecule has 0 bridgehead atoms. The largest absolute Gasteiger partial charge is 0.480 e. The van der Waals surface area contributed by atoms with Crippen molar-refractivity contribution in [2.75, 3.05) is 18.9 Å². The minimum Gasteiger partial charge on any atom is -0.480 e. The molecule has 5 rings (SSSR count). The molecule has 3 heterocycles. The molecule has 2 aromatic heterocycles. The smallest absolute Gasteiger partial charge is 0.263 e. The van der Waals surface area contributed by atoms with Crippen LogP contribution in [0.5, 0.6) is 17.2 Å². The summed E-state index contributed by atoms with van der Waals surface area (Å²) < 4.78 is 17.4. The molecule has 0 unspecified atom stereocenters. The van der Waals surface area contributed by atoms with Crippen LogP contribution in [0.2, 0.25) is 0 Å². The van der Waals surface area contributed by atoms with Crippen molar-refractivity contribution in [3.05, 3.63) is 65.0 Å². The Morgan fingerprint density at radius 1 is 1.19 bits per heavy atom. The van der Waals surface area contributed by atoms with Gasteiger partial charge in [0.05, 0.1) is 6.20 Å². The molecule has 2 aromatic carbocycles. The number of likely N-dealkylation sites (N-methyl/N-ethyl adjacent to an activating group) is 1. The molecule has 1 aliphatic heterocycles. The Hall–Kier alpha value is -4.76. The van der Waals surface area contributed by atoms with Crippen LogP contribution in [-0.4, -0.2) is 51.6 Å². The van der Waals surface area contributed by atoms with Crippen molar-refractivity contribution in [2.24, 2.45) is 0 Å². The summed E-state index contributed by atoms with van der Waals surface area (Å²) in [6.07, 6.45) is 1.27. The molecule has 1 fully saturated rings. The molecular weight excluding hydrogens is 496 g/mol. The fraction of sp³-hybridized carbons (Fsp3) is 0.200. The lowest BCUT2D eigenvalue weighted by atomic mass is 10.1. The Morgan fingerprint density at radius 2 is 1.97 bits per heavy atom. The molecule has 4 aromatic rings. The van der Waals surface area contributed by atoms with Crippen molar-refractivity contribution in [2.45, 2.75) is 19.4 Å². The summed E-state index contributed by atoms with van der Waals surface area (Å²) in [7, 11) is 1.72. The number of hydrogen-bond acceptors (Lipinski definition) is 10. The highest BCUT2D eigenvalue weighted by Crippen LogP contribution is 2.31. The van der Waals surface area contributed by atoms with Crippen LogP contribution in [0.4, 0.5) is 5.13 Å². The third kappa shape index (κ3) is 5.41. The highest BCUT2D eigenvalue weighted by Gasteiger charge is 2.31. The number of carbonyl (C=O) groups is 2. The number of amides is 2. The standard InChI is InChI=1S/C25H20N6O5S/c1-14-29-30-23(34-14)15-3-5-17(6-4-15)35-18-9-16(22(32)28-25-27-13-20(12-26)37-25)10-19(11-18)36-21-7-8-31(2)24(21)33/h3-6,9-11,13,21H,7-8H2,1-2H3,(H,27,28,32)/t21-/m0/s1. The first-order valence-corrected chi connectivity index (χ1v) is 12.0. The van der Waals surface area contributed by atoms with Crippen molar-refractivity contribution in [3.63, 3.8) is 0 Å². The van der Waals surface area contributed by atoms with Gasteiger partial charge in [-0.05, 0) is 36.4 Å². The summed E-state index contributed by atoms with van der Waals surface area (Å²) in [4.78, 5) is 31.4. The minimum atomic E-state index is -0.648. The van der Waals surface area contributed by atoms with Gasteiger partial charge in [0.1, 0.15) is 28.2 Å². The van der Waals surface area contributed by atoms with Crippen LogP contribution >= 0.6 is 11.3 Å². The molecule has 186 valence electrons. The Kier molecular flexibility index (Phi) is 6.53. The number of aromatic nitrogens is 3. The second kappa shape index (κ2) is 10.1. The van der Waals surface area contributed by atoms with E-state index in [-0.39, 0.29) is 16.6 Å². The lowest BCUT2D eigenvalue weighted by Crippen LogP contribution is -2.29. The van der Waals surface area contributed by atoms with E-state index in [0.29, 0.717) is 46.9 Å². The Bertz CT molecular complexity index is 1510. The van der Waals surface area contributed by atoms with Crippen molar-refractivity contribution in [3.8, 4) is 34.8 Å². The summed E-state index contributed by atoms with van der Waals surface area (Å²) >= 11 is 1.06. The summed E-state index contributed by atoms with van der Waals surface area (Å²) in [6, 6.07) is 13.7. The van der Waals surface area contributed by atoms with E-state index in [1.165, 1.54) is 12.3 Å². The van der Waals surface area contributed by atoms with Crippen LogP contribution in [0, 0.1) is 18.3 Å². The van der Waals surface area contributed by atoms with Crippen LogP contribution in [0.15, 0.2) is 53.1 Å². The van der Waals surface area contributed by atoms with Crippen LogP contribution in [0.1, 0.15) is 27.5 Å². The van der Waals surface area contributed by atoms with Gasteiger partial charge in [-0.3, -0.25) is 14.9 Å². The number of ether oxygens (including phenoxy) is 2. The Balaban J connectivity index is 1.40. The number of likely N-dealkylation sites (tertiary alicyclic amines) is 1. The third-order valence-corrected chi connectivity index (χ3v) is 6.32. The number of nitrogens with zero attached hydrogens (tertiary/aromatic N) is 5. The van der Waals surface area contributed by atoms with E-state index in [0.717, 1.165) is 16.9 Å². The Morgan fingerprint density at radius 3 is 2.62 bits per heavy atom. The topological polar surface area (TPSA) is 143 Å². The quantitative estimate of drug-likeness (QED) is 0.385. The van der Waals surface area contributed by atoms with Crippen LogP contribution in [0.25, 0.3) is 11.5 Å². The predicted molar refractivity (Wildman–Crippen MR) is 132 cm³/mol. The molecule has 2 amide bonds. The first kappa shape index (κ1) is 24.0. The van der Waals surface area contributed by atoms with E-state index in [2.05, 4.69) is 20.5 Å². The molecule has 1 saturated heterocycles. The van der Waals surface area contributed by atoms with Crippen LogP contribution < -0.4 is 14.8 Å². The molecule has 1 aliphatic rings. The Labute approximate surface area is 215 Å². The highest BCUT2D eigenvalue weighted by molar-refractivity contribution is 7.16. The molecule has 0 spiro atoms. The van der Waals surface area contributed by atoms with Crippen molar-refractivity contribution in [1.82, 2.24) is 20.1 Å². The normalized spacial score (nSPS) is 14.9. The fourth-order valence-corrected chi connectivity index (χ4v) is 4.27. The van der Waals surface area contributed by atoms with Gasteiger partial charge in [-0.1, -0.05) is 11.3 Å². The average Bonchev–Trinajstić information content (AvgIpc) is 3.61. The number of nitrogens with one attached hydrogen (secondary N) is 1. The van der Waals surface area contributed by atoms with Gasteiger partial charge in [0.2, 0.25) is 11.8 Å². The second-order valence-corrected chi connectivity index (χ2v) is 9.23. The second-order valence-electron chi connectivity index (χ2n) is 8.20. The summed E-state index contributed by atoms with van der Waals surface area (Å²) in [5.74, 6) is 1.41. The number of carbonyl (C=O) groups excluding carboxylic acids is 2. The lowest BCUT2D eigenvalue weighted by Gasteiger charge is -2.15. The van der Waals surface area contributed by atoms with Gasteiger partial charge < -0.3 is 18.8 Å². The fourth-order valence-electron chi connectivity index (χ4n) is 3.66. The number of aryl methyl sites for hydroxylation is 1. The number of rotatable bonds is 7. The van der Waals surface area contributed by atoms with Crippen molar-refractivity contribution in [1.29, 1.82) is 5.26 Å². The van der Waals surface area contributed by atoms with Crippen LogP contribution in [-0.2, 0) is 4.79 Å². The molecule has 37 heavy (non-hydrogen) atoms. The maximum atomic E-state index is 13.0. The van der Waals surface area contributed by atoms with Gasteiger partial charge in [0.25, 0.3) is 11.8 Å². The maximum Gasteiger partial charge on any atom is 0.263 e. The molecule has 0 saturated carbocycles. The van der Waals surface area contributed by atoms with Gasteiger partial charge in [-0.2, -0.15) is 5.26 Å². The zero-order valence-electron chi connectivity index (χ0n) is 19.8. The first-order chi connectivity index (χ1) is 17.9. The van der Waals surface area contributed by atoms with E-state index in [9.17, 15) is 9.59 Å². The number of benzene rings is 2. The molecule has 12 heteroatoms. The van der Waals surface area contributed by atoms with E-state index in [1.54, 1.807) is 55.3 Å². The van der Waals surface area contributed by atoms with E-state index in [4.69, 9.17) is 19.2 Å². The SMILES string of the molecule is Cc1nnc(-c2ccc(Oc3cc(O[C@H]4CCN(C)C4=O)cc(C(=O)Nc4ncc(C#N)s4)c3)cc2)o1. The van der Waals surface area contributed by atoms with Crippen molar-refractivity contribution >= 4 is 28.3 Å². The summed E-state index contributed by atoms with van der Waals surface area (Å²) in [5.41, 5.74) is 0.965. The van der Waals surface area contributed by atoms with Gasteiger partial charge in [-0.15, -0.1) is 10.2 Å². The molecule has 1 N–H and O–H groups in total. The number of thiazole rings is 1. The molecule has 0 radical (unpaired) electrons. The van der Waals surface area contributed by atoms with E-state index >= 15 is 0 Å². The van der Waals surface area contributed by atoms with Crippen LogP contribution in [0.3, 0.4) is 0 Å². The molecule has 11 nitrogen and oxygen atoms in total. The first-order valence-electron chi connectivity index (χ1n) is 11.2. The van der Waals surface area contributed by atoms with Gasteiger partial charge >= 0.3 is 0 Å². The average molecular weight is 517 g/mol. The number of anilines is 1. The van der Waals surface area contributed by atoms with E-state index < -0.39 is 12.0 Å². The predicted octanol–water partition coefficient (Wildman–Crippen LogP) is 4.03. The van der Waals surface area contributed by atoms with E-state index in [1.807, 2.05) is 6.07 Å². The summed E-state index contributed by atoms with van der Waals surface area (Å²) in [6.45, 7) is 2.30. The highest BCUT2D eigenvalue weighted by atomic mass is 32.1. The zero-order chi connectivity index (χ0) is 25.9. The molecular formula is C25H20N6O5S. The van der Waals surface area contributed by atoms with Gasteiger partial charge in [-0.25, -0.2) is 4.98 Å². The zero-order valence-corrected chi connectivity index (χ0v) is 20.6.